The number of pyridine rings is 1. The number of nitriles is 1. The number of hydrogen-bond acceptors (Lipinski definition) is 4. The van der Waals surface area contributed by atoms with Crippen LogP contribution in [0.4, 0.5) is 0 Å². The second kappa shape index (κ2) is 6.57. The fraction of sp³-hybridized carbons (Fsp3) is 0.273. The topological polar surface area (TPSA) is 55.1 Å². The molecule has 0 aliphatic rings. The van der Waals surface area contributed by atoms with Gasteiger partial charge in [-0.1, -0.05) is 6.08 Å². The van der Waals surface area contributed by atoms with Crippen molar-refractivity contribution >= 4 is 0 Å². The van der Waals surface area contributed by atoms with E-state index in [0.29, 0.717) is 31.1 Å². The van der Waals surface area contributed by atoms with Gasteiger partial charge in [-0.05, 0) is 6.07 Å². The molecule has 0 N–H and O–H groups in total. The second-order valence-electron chi connectivity index (χ2n) is 2.70. The molecule has 0 fully saturated rings. The van der Waals surface area contributed by atoms with Crippen LogP contribution in [0.5, 0.6) is 5.75 Å². The molecule has 0 amide bonds. The summed E-state index contributed by atoms with van der Waals surface area (Å²) in [7, 11) is 0. The summed E-state index contributed by atoms with van der Waals surface area (Å²) in [6.07, 6.45) is 4.75. The zero-order valence-corrected chi connectivity index (χ0v) is 8.35. The molecule has 15 heavy (non-hydrogen) atoms. The molecular formula is C11H12N2O2. The van der Waals surface area contributed by atoms with Gasteiger partial charge in [-0.25, -0.2) is 0 Å². The lowest BCUT2D eigenvalue weighted by Crippen LogP contribution is -2.07. The molecule has 1 rings (SSSR count). The van der Waals surface area contributed by atoms with Crippen molar-refractivity contribution in [3.8, 4) is 11.8 Å². The minimum absolute atomic E-state index is 0.397. The Morgan fingerprint density at radius 3 is 3.13 bits per heavy atom. The zero-order valence-electron chi connectivity index (χ0n) is 8.35. The van der Waals surface area contributed by atoms with E-state index < -0.39 is 0 Å². The van der Waals surface area contributed by atoms with Gasteiger partial charge in [0.2, 0.25) is 0 Å². The molecule has 0 saturated heterocycles. The smallest absolute Gasteiger partial charge is 0.155 e. The summed E-state index contributed by atoms with van der Waals surface area (Å²) in [5.74, 6) is 0.488. The number of ether oxygens (including phenoxy) is 2. The first kappa shape index (κ1) is 11.2. The van der Waals surface area contributed by atoms with Crippen LogP contribution in [0, 0.1) is 11.3 Å². The Balaban J connectivity index is 2.37. The number of nitrogens with zero attached hydrogens (tertiary/aromatic N) is 2. The fourth-order valence-electron chi connectivity index (χ4n) is 0.965. The SMILES string of the molecule is C=CCOCCOc1cnccc1C#N. The Hall–Kier alpha value is -1.86. The lowest BCUT2D eigenvalue weighted by atomic mass is 10.3. The molecule has 0 aromatic carbocycles. The molecule has 0 atom stereocenters. The minimum atomic E-state index is 0.397. The van der Waals surface area contributed by atoms with Crippen LogP contribution in [0.2, 0.25) is 0 Å². The van der Waals surface area contributed by atoms with Crippen molar-refractivity contribution in [1.82, 2.24) is 4.98 Å². The summed E-state index contributed by atoms with van der Waals surface area (Å²) in [6.45, 7) is 4.89. The zero-order chi connectivity index (χ0) is 10.9. The Labute approximate surface area is 88.8 Å². The van der Waals surface area contributed by atoms with Crippen LogP contribution in [-0.4, -0.2) is 24.8 Å². The summed E-state index contributed by atoms with van der Waals surface area (Å²) >= 11 is 0. The van der Waals surface area contributed by atoms with Gasteiger partial charge in [0.05, 0.1) is 25.0 Å². The monoisotopic (exact) mass is 204 g/mol. The van der Waals surface area contributed by atoms with Gasteiger partial charge < -0.3 is 9.47 Å². The van der Waals surface area contributed by atoms with E-state index in [2.05, 4.69) is 11.6 Å². The van der Waals surface area contributed by atoms with Gasteiger partial charge in [-0.2, -0.15) is 5.26 Å². The third kappa shape index (κ3) is 3.79. The van der Waals surface area contributed by atoms with Crippen LogP contribution in [0.1, 0.15) is 5.56 Å². The van der Waals surface area contributed by atoms with Gasteiger partial charge >= 0.3 is 0 Å². The summed E-state index contributed by atoms with van der Waals surface area (Å²) in [5.41, 5.74) is 0.480. The Bertz CT molecular complexity index is 358. The van der Waals surface area contributed by atoms with E-state index in [-0.39, 0.29) is 0 Å². The maximum atomic E-state index is 8.76. The summed E-state index contributed by atoms with van der Waals surface area (Å²) < 4.78 is 10.5. The second-order valence-corrected chi connectivity index (χ2v) is 2.70. The first-order valence-electron chi connectivity index (χ1n) is 4.54. The Morgan fingerprint density at radius 2 is 2.40 bits per heavy atom. The maximum absolute atomic E-state index is 8.76. The molecule has 1 heterocycles. The van der Waals surface area contributed by atoms with Crippen LogP contribution >= 0.6 is 0 Å². The van der Waals surface area contributed by atoms with Crippen LogP contribution in [0.3, 0.4) is 0 Å². The molecule has 0 unspecified atom stereocenters. The summed E-state index contributed by atoms with van der Waals surface area (Å²) in [4.78, 5) is 3.88. The average molecular weight is 204 g/mol. The Morgan fingerprint density at radius 1 is 1.53 bits per heavy atom. The highest BCUT2D eigenvalue weighted by atomic mass is 16.5. The van der Waals surface area contributed by atoms with Gasteiger partial charge in [0.1, 0.15) is 12.7 Å². The van der Waals surface area contributed by atoms with Crippen LogP contribution < -0.4 is 4.74 Å². The first-order chi connectivity index (χ1) is 7.38. The van der Waals surface area contributed by atoms with Crippen molar-refractivity contribution in [3.05, 3.63) is 36.7 Å². The van der Waals surface area contributed by atoms with Gasteiger partial charge in [-0.3, -0.25) is 4.98 Å². The van der Waals surface area contributed by atoms with E-state index >= 15 is 0 Å². The standard InChI is InChI=1S/C11H12N2O2/c1-2-5-14-6-7-15-11-9-13-4-3-10(11)8-12/h2-4,9H,1,5-7H2. The largest absolute Gasteiger partial charge is 0.488 e. The van der Waals surface area contributed by atoms with Gasteiger partial charge in [0.15, 0.2) is 5.75 Å². The lowest BCUT2D eigenvalue weighted by molar-refractivity contribution is 0.121. The minimum Gasteiger partial charge on any atom is -0.488 e. The number of rotatable bonds is 6. The van der Waals surface area contributed by atoms with E-state index in [4.69, 9.17) is 14.7 Å². The molecule has 0 radical (unpaired) electrons. The molecule has 4 heteroatoms. The number of hydrogen-bond donors (Lipinski definition) is 0. The highest BCUT2D eigenvalue weighted by Crippen LogP contribution is 2.14. The van der Waals surface area contributed by atoms with Crippen molar-refractivity contribution < 1.29 is 9.47 Å². The van der Waals surface area contributed by atoms with Crippen LogP contribution in [0.25, 0.3) is 0 Å². The van der Waals surface area contributed by atoms with Crippen molar-refractivity contribution in [3.63, 3.8) is 0 Å². The van der Waals surface area contributed by atoms with Gasteiger partial charge in [-0.15, -0.1) is 6.58 Å². The van der Waals surface area contributed by atoms with E-state index in [1.807, 2.05) is 6.07 Å². The predicted octanol–water partition coefficient (Wildman–Crippen LogP) is 1.53. The molecule has 0 aliphatic carbocycles. The maximum Gasteiger partial charge on any atom is 0.155 e. The molecule has 4 nitrogen and oxygen atoms in total. The molecule has 0 aliphatic heterocycles. The van der Waals surface area contributed by atoms with Gasteiger partial charge in [0, 0.05) is 6.20 Å². The van der Waals surface area contributed by atoms with Crippen LogP contribution in [0.15, 0.2) is 31.1 Å². The van der Waals surface area contributed by atoms with Crippen LogP contribution in [-0.2, 0) is 4.74 Å². The molecule has 0 bridgehead atoms. The highest BCUT2D eigenvalue weighted by molar-refractivity contribution is 5.40. The van der Waals surface area contributed by atoms with Crippen molar-refractivity contribution in [1.29, 1.82) is 5.26 Å². The van der Waals surface area contributed by atoms with Crippen molar-refractivity contribution in [2.24, 2.45) is 0 Å². The van der Waals surface area contributed by atoms with Gasteiger partial charge in [0.25, 0.3) is 0 Å². The summed E-state index contributed by atoms with van der Waals surface area (Å²) in [5, 5.41) is 8.76. The van der Waals surface area contributed by atoms with E-state index in [9.17, 15) is 0 Å². The van der Waals surface area contributed by atoms with E-state index in [0.717, 1.165) is 0 Å². The van der Waals surface area contributed by atoms with E-state index in [1.54, 1.807) is 18.3 Å². The Kier molecular flexibility index (Phi) is 4.91. The predicted molar refractivity (Wildman–Crippen MR) is 55.5 cm³/mol. The number of aromatic nitrogens is 1. The third-order valence-electron chi connectivity index (χ3n) is 1.63. The quantitative estimate of drug-likeness (QED) is 0.521. The highest BCUT2D eigenvalue weighted by Gasteiger charge is 2.01. The molecule has 1 aromatic heterocycles. The lowest BCUT2D eigenvalue weighted by Gasteiger charge is -2.06. The molecular weight excluding hydrogens is 192 g/mol. The van der Waals surface area contributed by atoms with Crippen molar-refractivity contribution in [2.75, 3.05) is 19.8 Å². The molecule has 0 saturated carbocycles. The van der Waals surface area contributed by atoms with Crippen molar-refractivity contribution in [2.45, 2.75) is 0 Å². The normalized spacial score (nSPS) is 9.27. The van der Waals surface area contributed by atoms with E-state index in [1.165, 1.54) is 6.20 Å². The third-order valence-corrected chi connectivity index (χ3v) is 1.63. The molecule has 78 valence electrons. The molecule has 1 aromatic rings. The first-order valence-corrected chi connectivity index (χ1v) is 4.54. The average Bonchev–Trinajstić information content (AvgIpc) is 2.29. The summed E-state index contributed by atoms with van der Waals surface area (Å²) in [6, 6.07) is 3.64. The fourth-order valence-corrected chi connectivity index (χ4v) is 0.965. The molecule has 0 spiro atoms.